The van der Waals surface area contributed by atoms with Crippen LogP contribution in [0.2, 0.25) is 0 Å². The van der Waals surface area contributed by atoms with Gasteiger partial charge >= 0.3 is 0 Å². The highest BCUT2D eigenvalue weighted by molar-refractivity contribution is 7.92. The molecule has 0 fully saturated rings. The van der Waals surface area contributed by atoms with Gasteiger partial charge in [0, 0.05) is 6.54 Å². The lowest BCUT2D eigenvalue weighted by molar-refractivity contribution is -0.119. The third kappa shape index (κ3) is 5.25. The molecule has 0 saturated heterocycles. The van der Waals surface area contributed by atoms with Gasteiger partial charge in [0.1, 0.15) is 19.2 Å². The molecule has 0 aliphatic carbocycles. The van der Waals surface area contributed by atoms with Gasteiger partial charge in [-0.05, 0) is 61.7 Å². The molecule has 0 bridgehead atoms. The lowest BCUT2D eigenvalue weighted by Crippen LogP contribution is -2.41. The molecule has 1 aromatic heterocycles. The molecule has 1 N–H and O–H groups in total. The molecule has 1 amide bonds. The van der Waals surface area contributed by atoms with Crippen LogP contribution in [0.25, 0.3) is 5.69 Å². The standard InChI is InChI=1S/C26H27N5O3S/c1-19-11-13-23(14-12-19)35(33,34)31(24-10-6-7-20(2)21(24)3)16-26(32)28-15-22-8-4-5-9-25(22)30-18-27-17-29-30/h4-14,17-18H,15-16H2,1-3H3,(H,28,32). The zero-order valence-electron chi connectivity index (χ0n) is 19.8. The molecule has 1 heterocycles. The summed E-state index contributed by atoms with van der Waals surface area (Å²) >= 11 is 0. The maximum absolute atomic E-state index is 13.7. The van der Waals surface area contributed by atoms with Gasteiger partial charge in [-0.25, -0.2) is 18.1 Å². The fourth-order valence-electron chi connectivity index (χ4n) is 3.74. The second kappa shape index (κ2) is 10.1. The van der Waals surface area contributed by atoms with Crippen molar-refractivity contribution in [2.24, 2.45) is 0 Å². The van der Waals surface area contributed by atoms with E-state index < -0.39 is 15.9 Å². The van der Waals surface area contributed by atoms with E-state index in [2.05, 4.69) is 15.4 Å². The second-order valence-corrected chi connectivity index (χ2v) is 10.2. The third-order valence-corrected chi connectivity index (χ3v) is 7.65. The smallest absolute Gasteiger partial charge is 0.264 e. The molecule has 3 aromatic carbocycles. The SMILES string of the molecule is Cc1ccc(S(=O)(=O)N(CC(=O)NCc2ccccc2-n2cncn2)c2cccc(C)c2C)cc1. The van der Waals surface area contributed by atoms with Crippen LogP contribution in [-0.4, -0.2) is 35.6 Å². The molecule has 8 nitrogen and oxygen atoms in total. The highest BCUT2D eigenvalue weighted by Crippen LogP contribution is 2.28. The fraction of sp³-hybridized carbons (Fsp3) is 0.192. The molecule has 180 valence electrons. The molecule has 0 atom stereocenters. The van der Waals surface area contributed by atoms with Crippen LogP contribution in [0.4, 0.5) is 5.69 Å². The third-order valence-electron chi connectivity index (χ3n) is 5.87. The molecule has 4 rings (SSSR count). The highest BCUT2D eigenvalue weighted by atomic mass is 32.2. The van der Waals surface area contributed by atoms with Crippen molar-refractivity contribution in [2.75, 3.05) is 10.8 Å². The Kier molecular flexibility index (Phi) is 6.97. The summed E-state index contributed by atoms with van der Waals surface area (Å²) in [5, 5.41) is 7.02. The molecule has 0 spiro atoms. The first-order valence-corrected chi connectivity index (χ1v) is 12.6. The minimum absolute atomic E-state index is 0.133. The van der Waals surface area contributed by atoms with Crippen LogP contribution in [0.3, 0.4) is 0 Å². The molecule has 9 heteroatoms. The number of para-hydroxylation sites is 1. The second-order valence-electron chi connectivity index (χ2n) is 8.29. The van der Waals surface area contributed by atoms with Gasteiger partial charge in [-0.3, -0.25) is 9.10 Å². The minimum atomic E-state index is -3.98. The van der Waals surface area contributed by atoms with E-state index in [1.165, 1.54) is 10.6 Å². The number of nitrogens with zero attached hydrogens (tertiary/aromatic N) is 4. The summed E-state index contributed by atoms with van der Waals surface area (Å²) in [6.07, 6.45) is 3.02. The fourth-order valence-corrected chi connectivity index (χ4v) is 5.22. The summed E-state index contributed by atoms with van der Waals surface area (Å²) in [5.74, 6) is -0.421. The number of sulfonamides is 1. The molecule has 4 aromatic rings. The van der Waals surface area contributed by atoms with Crippen molar-refractivity contribution in [1.29, 1.82) is 0 Å². The van der Waals surface area contributed by atoms with Gasteiger partial charge in [0.2, 0.25) is 5.91 Å². The Labute approximate surface area is 205 Å². The van der Waals surface area contributed by atoms with Crippen molar-refractivity contribution >= 4 is 21.6 Å². The Morgan fingerprint density at radius 3 is 2.43 bits per heavy atom. The predicted octanol–water partition coefficient (Wildman–Crippen LogP) is 3.70. The van der Waals surface area contributed by atoms with Crippen molar-refractivity contribution in [2.45, 2.75) is 32.2 Å². The molecule has 0 aliphatic rings. The number of nitrogens with one attached hydrogen (secondary N) is 1. The number of aromatic nitrogens is 3. The highest BCUT2D eigenvalue weighted by Gasteiger charge is 2.28. The number of amides is 1. The quantitative estimate of drug-likeness (QED) is 0.407. The van der Waals surface area contributed by atoms with Crippen molar-refractivity contribution in [1.82, 2.24) is 20.1 Å². The number of rotatable bonds is 8. The van der Waals surface area contributed by atoms with Crippen LogP contribution in [0.5, 0.6) is 0 Å². The number of hydrogen-bond acceptors (Lipinski definition) is 5. The van der Waals surface area contributed by atoms with Crippen LogP contribution < -0.4 is 9.62 Å². The summed E-state index contributed by atoms with van der Waals surface area (Å²) in [4.78, 5) is 17.2. The van der Waals surface area contributed by atoms with Gasteiger partial charge in [0.25, 0.3) is 10.0 Å². The average Bonchev–Trinajstić information content (AvgIpc) is 3.38. The molecule has 0 saturated carbocycles. The minimum Gasteiger partial charge on any atom is -0.350 e. The molecular weight excluding hydrogens is 462 g/mol. The van der Waals surface area contributed by atoms with Gasteiger partial charge in [0.05, 0.1) is 16.3 Å². The maximum atomic E-state index is 13.7. The van der Waals surface area contributed by atoms with E-state index in [1.54, 1.807) is 47.4 Å². The Morgan fingerprint density at radius 2 is 1.71 bits per heavy atom. The zero-order valence-corrected chi connectivity index (χ0v) is 20.7. The number of benzene rings is 3. The van der Waals surface area contributed by atoms with E-state index in [1.807, 2.05) is 51.1 Å². The van der Waals surface area contributed by atoms with Crippen molar-refractivity contribution < 1.29 is 13.2 Å². The van der Waals surface area contributed by atoms with Crippen molar-refractivity contribution in [3.63, 3.8) is 0 Å². The number of carbonyl (C=O) groups is 1. The summed E-state index contributed by atoms with van der Waals surface area (Å²) in [7, 11) is -3.98. The number of aryl methyl sites for hydroxylation is 2. The van der Waals surface area contributed by atoms with Crippen molar-refractivity contribution in [3.8, 4) is 5.69 Å². The Balaban J connectivity index is 1.61. The van der Waals surface area contributed by atoms with Crippen LogP contribution in [0.1, 0.15) is 22.3 Å². The number of hydrogen-bond donors (Lipinski definition) is 1. The van der Waals surface area contributed by atoms with Crippen LogP contribution in [0.15, 0.2) is 84.3 Å². The van der Waals surface area contributed by atoms with E-state index >= 15 is 0 Å². The Morgan fingerprint density at radius 1 is 0.971 bits per heavy atom. The van der Waals surface area contributed by atoms with Crippen LogP contribution >= 0.6 is 0 Å². The normalized spacial score (nSPS) is 11.3. The largest absolute Gasteiger partial charge is 0.350 e. The number of carbonyl (C=O) groups excluding carboxylic acids is 1. The molecular formula is C26H27N5O3S. The monoisotopic (exact) mass is 489 g/mol. The van der Waals surface area contributed by atoms with Gasteiger partial charge in [0.15, 0.2) is 0 Å². The summed E-state index contributed by atoms with van der Waals surface area (Å²) in [6, 6.07) is 19.5. The van der Waals surface area contributed by atoms with E-state index in [0.717, 1.165) is 27.9 Å². The van der Waals surface area contributed by atoms with Gasteiger partial charge in [-0.15, -0.1) is 0 Å². The van der Waals surface area contributed by atoms with Gasteiger partial charge < -0.3 is 5.32 Å². The molecule has 35 heavy (non-hydrogen) atoms. The maximum Gasteiger partial charge on any atom is 0.264 e. The zero-order chi connectivity index (χ0) is 25.0. The van der Waals surface area contributed by atoms with Crippen LogP contribution in [-0.2, 0) is 21.4 Å². The Hall–Kier alpha value is -3.98. The Bertz CT molecular complexity index is 1430. The average molecular weight is 490 g/mol. The van der Waals surface area contributed by atoms with Crippen molar-refractivity contribution in [3.05, 3.63) is 102 Å². The topological polar surface area (TPSA) is 97.2 Å². The van der Waals surface area contributed by atoms with E-state index in [9.17, 15) is 13.2 Å². The summed E-state index contributed by atoms with van der Waals surface area (Å²) < 4.78 is 30.1. The van der Waals surface area contributed by atoms with E-state index in [4.69, 9.17) is 0 Å². The predicted molar refractivity (Wildman–Crippen MR) is 135 cm³/mol. The lowest BCUT2D eigenvalue weighted by Gasteiger charge is -2.26. The van der Waals surface area contributed by atoms with E-state index in [0.29, 0.717) is 5.69 Å². The first-order chi connectivity index (χ1) is 16.8. The molecule has 0 radical (unpaired) electrons. The lowest BCUT2D eigenvalue weighted by atomic mass is 10.1. The first kappa shape index (κ1) is 24.2. The summed E-state index contributed by atoms with van der Waals surface area (Å²) in [6.45, 7) is 5.51. The first-order valence-electron chi connectivity index (χ1n) is 11.1. The number of anilines is 1. The van der Waals surface area contributed by atoms with E-state index in [-0.39, 0.29) is 18.0 Å². The molecule has 0 unspecified atom stereocenters. The summed E-state index contributed by atoms with van der Waals surface area (Å²) in [5.41, 5.74) is 4.77. The molecule has 0 aliphatic heterocycles. The van der Waals surface area contributed by atoms with Gasteiger partial charge in [-0.1, -0.05) is 48.0 Å². The van der Waals surface area contributed by atoms with Crippen LogP contribution in [0, 0.1) is 20.8 Å². The van der Waals surface area contributed by atoms with Gasteiger partial charge in [-0.2, -0.15) is 5.10 Å².